The molecule has 212 valence electrons. The molecule has 1 aromatic heterocycles. The lowest BCUT2D eigenvalue weighted by Gasteiger charge is -2.38. The first-order valence-electron chi connectivity index (χ1n) is 14.5. The number of benzene rings is 1. The monoisotopic (exact) mass is 539 g/mol. The molecule has 0 amide bonds. The van der Waals surface area contributed by atoms with Gasteiger partial charge in [-0.25, -0.2) is 9.37 Å². The number of aromatic nitrogens is 1. The van der Waals surface area contributed by atoms with Crippen molar-refractivity contribution < 1.29 is 23.8 Å². The van der Waals surface area contributed by atoms with E-state index >= 15 is 0 Å². The maximum absolute atomic E-state index is 14.3. The van der Waals surface area contributed by atoms with Gasteiger partial charge in [0, 0.05) is 29.8 Å². The summed E-state index contributed by atoms with van der Waals surface area (Å²) in [6.45, 7) is 8.36. The van der Waals surface area contributed by atoms with E-state index < -0.39 is 17.8 Å². The molecule has 3 atom stereocenters. The Bertz CT molecular complexity index is 1150. The molecule has 0 bridgehead atoms. The highest BCUT2D eigenvalue weighted by atomic mass is 19.1. The zero-order valence-corrected chi connectivity index (χ0v) is 23.3. The largest absolute Gasteiger partial charge is 0.492 e. The van der Waals surface area contributed by atoms with Crippen molar-refractivity contribution in [3.8, 4) is 5.75 Å². The first-order valence-corrected chi connectivity index (χ1v) is 14.5. The summed E-state index contributed by atoms with van der Waals surface area (Å²) < 4.78 is 25.7. The van der Waals surface area contributed by atoms with Crippen molar-refractivity contribution in [1.29, 1.82) is 0 Å². The van der Waals surface area contributed by atoms with Crippen LogP contribution >= 0.6 is 0 Å². The van der Waals surface area contributed by atoms with E-state index in [1.54, 1.807) is 6.07 Å². The average molecular weight is 540 g/mol. The zero-order valence-electron chi connectivity index (χ0n) is 23.3. The minimum absolute atomic E-state index is 0.0919. The van der Waals surface area contributed by atoms with Crippen molar-refractivity contribution in [3.05, 3.63) is 53.0 Å². The molecule has 0 saturated carbocycles. The number of nitrogens with zero attached hydrogens (tertiary/aromatic N) is 2. The van der Waals surface area contributed by atoms with Crippen LogP contribution in [0.5, 0.6) is 5.75 Å². The van der Waals surface area contributed by atoms with E-state index in [2.05, 4.69) is 31.3 Å². The number of unbranched alkanes of at least 4 members (excludes halogenated alkanes) is 1. The van der Waals surface area contributed by atoms with Gasteiger partial charge in [-0.2, -0.15) is 0 Å². The summed E-state index contributed by atoms with van der Waals surface area (Å²) in [7, 11) is 0. The summed E-state index contributed by atoms with van der Waals surface area (Å²) in [5.41, 5.74) is 2.78. The Morgan fingerprint density at radius 2 is 2.15 bits per heavy atom. The van der Waals surface area contributed by atoms with E-state index in [0.29, 0.717) is 56.1 Å². The number of aliphatic carboxylic acids is 1. The lowest BCUT2D eigenvalue weighted by molar-refractivity contribution is -0.143. The molecular weight excluding hydrogens is 497 g/mol. The smallest absolute Gasteiger partial charge is 0.325 e. The fraction of sp³-hybridized carbons (Fsp3) is 0.613. The molecule has 8 heteroatoms. The van der Waals surface area contributed by atoms with Gasteiger partial charge in [-0.1, -0.05) is 32.8 Å². The van der Waals surface area contributed by atoms with Gasteiger partial charge in [0.25, 0.3) is 0 Å². The molecule has 4 heterocycles. The molecule has 0 spiro atoms. The number of fused-ring (bicyclic) bond motifs is 1. The van der Waals surface area contributed by atoms with Gasteiger partial charge in [-0.05, 0) is 80.3 Å². The minimum Gasteiger partial charge on any atom is -0.492 e. The highest BCUT2D eigenvalue weighted by molar-refractivity contribution is 5.77. The summed E-state index contributed by atoms with van der Waals surface area (Å²) in [6, 6.07) is 7.68. The Morgan fingerprint density at radius 3 is 2.92 bits per heavy atom. The Hall–Kier alpha value is -2.71. The topological polar surface area (TPSA) is 83.9 Å². The van der Waals surface area contributed by atoms with Crippen LogP contribution in [-0.2, 0) is 22.4 Å². The van der Waals surface area contributed by atoms with Crippen LogP contribution in [0.15, 0.2) is 30.3 Å². The summed E-state index contributed by atoms with van der Waals surface area (Å²) in [4.78, 5) is 19.3. The van der Waals surface area contributed by atoms with Crippen molar-refractivity contribution in [1.82, 2.24) is 9.88 Å². The Morgan fingerprint density at radius 1 is 1.31 bits per heavy atom. The first kappa shape index (κ1) is 27.8. The number of carboxylic acid groups (broad SMARTS) is 1. The molecule has 5 rings (SSSR count). The third-order valence-corrected chi connectivity index (χ3v) is 8.70. The molecule has 0 aliphatic carbocycles. The highest BCUT2D eigenvalue weighted by Crippen LogP contribution is 2.38. The molecule has 2 N–H and O–H groups in total. The number of rotatable bonds is 12. The Balaban J connectivity index is 1.15. The van der Waals surface area contributed by atoms with Crippen molar-refractivity contribution >= 4 is 11.8 Å². The maximum Gasteiger partial charge on any atom is 0.325 e. The zero-order chi connectivity index (χ0) is 27.4. The van der Waals surface area contributed by atoms with Gasteiger partial charge in [0.1, 0.15) is 23.4 Å². The second kappa shape index (κ2) is 12.2. The fourth-order valence-electron chi connectivity index (χ4n) is 6.17. The molecule has 39 heavy (non-hydrogen) atoms. The van der Waals surface area contributed by atoms with Crippen LogP contribution in [0.1, 0.15) is 68.8 Å². The SMILES string of the molecule is CC(CCCCc1ccc2c(n1)NCCC2)[C@@H]1CCN(C(C(=O)O)c2cc(F)ccc2OCC2(C)COC2)C1. The van der Waals surface area contributed by atoms with Crippen LogP contribution in [0, 0.1) is 23.1 Å². The molecule has 2 fully saturated rings. The number of anilines is 1. The summed E-state index contributed by atoms with van der Waals surface area (Å²) in [5.74, 6) is 0.994. The van der Waals surface area contributed by atoms with Crippen LogP contribution in [0.3, 0.4) is 0 Å². The predicted molar refractivity (Wildman–Crippen MR) is 149 cm³/mol. The minimum atomic E-state index is -0.969. The molecule has 2 saturated heterocycles. The quantitative estimate of drug-likeness (QED) is 0.345. The Labute approximate surface area is 231 Å². The van der Waals surface area contributed by atoms with Gasteiger partial charge in [0.15, 0.2) is 0 Å². The number of halogens is 1. The molecule has 2 unspecified atom stereocenters. The number of ether oxygens (including phenoxy) is 2. The van der Waals surface area contributed by atoms with Crippen LogP contribution < -0.4 is 10.1 Å². The third kappa shape index (κ3) is 6.72. The van der Waals surface area contributed by atoms with E-state index in [1.165, 1.54) is 24.1 Å². The molecule has 2 aromatic rings. The van der Waals surface area contributed by atoms with E-state index in [4.69, 9.17) is 14.5 Å². The van der Waals surface area contributed by atoms with E-state index in [9.17, 15) is 14.3 Å². The number of carbonyl (C=O) groups is 1. The highest BCUT2D eigenvalue weighted by Gasteiger charge is 2.38. The number of likely N-dealkylation sites (tertiary alicyclic amines) is 1. The van der Waals surface area contributed by atoms with Gasteiger partial charge in [-0.15, -0.1) is 0 Å². The van der Waals surface area contributed by atoms with Crippen LogP contribution in [0.4, 0.5) is 10.2 Å². The molecule has 0 radical (unpaired) electrons. The van der Waals surface area contributed by atoms with Gasteiger partial charge >= 0.3 is 5.97 Å². The molecule has 3 aliphatic rings. The van der Waals surface area contributed by atoms with Gasteiger partial charge < -0.3 is 19.9 Å². The average Bonchev–Trinajstić information content (AvgIpc) is 3.39. The van der Waals surface area contributed by atoms with Gasteiger partial charge in [0.2, 0.25) is 0 Å². The van der Waals surface area contributed by atoms with Crippen LogP contribution in [0.25, 0.3) is 0 Å². The number of carboxylic acids is 1. The van der Waals surface area contributed by atoms with Gasteiger partial charge in [-0.3, -0.25) is 9.69 Å². The number of pyridine rings is 1. The van der Waals surface area contributed by atoms with Crippen molar-refractivity contribution in [2.45, 2.75) is 64.8 Å². The van der Waals surface area contributed by atoms with Crippen molar-refractivity contribution in [2.75, 3.05) is 44.8 Å². The molecule has 7 nitrogen and oxygen atoms in total. The standard InChI is InChI=1S/C31H42FN3O4/c1-21(6-3-4-8-25-11-9-22-7-5-14-33-29(22)34-25)23-13-15-35(17-23)28(30(36)37)26-16-24(32)10-12-27(26)39-20-31(2)18-38-19-31/h9-12,16,21,23,28H,3-8,13-15,17-20H2,1-2H3,(H,33,34)(H,36,37)/t21?,23-,28?/m1/s1. The third-order valence-electron chi connectivity index (χ3n) is 8.70. The summed E-state index contributed by atoms with van der Waals surface area (Å²) in [5, 5.41) is 13.6. The van der Waals surface area contributed by atoms with Crippen molar-refractivity contribution in [2.24, 2.45) is 17.3 Å². The second-order valence-corrected chi connectivity index (χ2v) is 12.1. The molecule has 3 aliphatic heterocycles. The summed E-state index contributed by atoms with van der Waals surface area (Å²) >= 11 is 0. The first-order chi connectivity index (χ1) is 18.8. The van der Waals surface area contributed by atoms with Gasteiger partial charge in [0.05, 0.1) is 19.8 Å². The van der Waals surface area contributed by atoms with Crippen molar-refractivity contribution in [3.63, 3.8) is 0 Å². The number of hydrogen-bond donors (Lipinski definition) is 2. The van der Waals surface area contributed by atoms with Crippen LogP contribution in [0.2, 0.25) is 0 Å². The lowest BCUT2D eigenvalue weighted by atomic mass is 9.88. The Kier molecular flexibility index (Phi) is 8.72. The summed E-state index contributed by atoms with van der Waals surface area (Å²) in [6.07, 6.45) is 7.53. The molecular formula is C31H42FN3O4. The second-order valence-electron chi connectivity index (χ2n) is 12.1. The fourth-order valence-corrected chi connectivity index (χ4v) is 6.17. The number of aryl methyl sites for hydroxylation is 2. The normalized spacial score (nSPS) is 21.9. The lowest BCUT2D eigenvalue weighted by Crippen LogP contribution is -2.44. The van der Waals surface area contributed by atoms with Crippen LogP contribution in [-0.4, -0.2) is 60.4 Å². The number of hydrogen-bond acceptors (Lipinski definition) is 6. The molecule has 1 aromatic carbocycles. The maximum atomic E-state index is 14.3. The van der Waals surface area contributed by atoms with E-state index in [1.807, 2.05) is 4.90 Å². The van der Waals surface area contributed by atoms with E-state index in [-0.39, 0.29) is 5.41 Å². The van der Waals surface area contributed by atoms with E-state index in [0.717, 1.165) is 56.6 Å². The predicted octanol–water partition coefficient (Wildman–Crippen LogP) is 5.49. The number of nitrogens with one attached hydrogen (secondary N) is 1.